The van der Waals surface area contributed by atoms with Gasteiger partial charge in [-0.2, -0.15) is 0 Å². The van der Waals surface area contributed by atoms with Crippen molar-refractivity contribution in [3.63, 3.8) is 0 Å². The maximum absolute atomic E-state index is 11.7. The number of piperazine rings is 1. The highest BCUT2D eigenvalue weighted by molar-refractivity contribution is 5.89. The molecule has 1 aromatic rings. The first-order valence-corrected chi connectivity index (χ1v) is 7.06. The van der Waals surface area contributed by atoms with Crippen LogP contribution in [0.3, 0.4) is 0 Å². The fraction of sp³-hybridized carbons (Fsp3) is 0.467. The van der Waals surface area contributed by atoms with E-state index in [9.17, 15) is 9.59 Å². The van der Waals surface area contributed by atoms with E-state index in [2.05, 4.69) is 10.2 Å². The van der Waals surface area contributed by atoms with Crippen LogP contribution < -0.4 is 10.2 Å². The van der Waals surface area contributed by atoms with Gasteiger partial charge in [-0.25, -0.2) is 4.79 Å². The van der Waals surface area contributed by atoms with Crippen molar-refractivity contribution in [2.45, 2.75) is 6.92 Å². The van der Waals surface area contributed by atoms with Crippen LogP contribution in [-0.2, 0) is 4.79 Å². The van der Waals surface area contributed by atoms with Crippen LogP contribution in [0.1, 0.15) is 6.92 Å². The molecule has 6 nitrogen and oxygen atoms in total. The molecule has 0 radical (unpaired) electrons. The number of nitrogens with zero attached hydrogens (tertiary/aromatic N) is 3. The SMILES string of the molecule is CC(=O)N1CCN(c2cccc(NC(=O)N(C)C)c2)CC1. The fourth-order valence-corrected chi connectivity index (χ4v) is 2.30. The third-order valence-corrected chi connectivity index (χ3v) is 3.59. The molecule has 1 aromatic carbocycles. The molecule has 0 saturated carbocycles. The Morgan fingerprint density at radius 3 is 2.38 bits per heavy atom. The second kappa shape index (κ2) is 6.47. The Kier molecular flexibility index (Phi) is 4.67. The van der Waals surface area contributed by atoms with Crippen LogP contribution in [0.2, 0.25) is 0 Å². The van der Waals surface area contributed by atoms with E-state index in [0.29, 0.717) is 0 Å². The number of hydrogen-bond donors (Lipinski definition) is 1. The van der Waals surface area contributed by atoms with E-state index in [-0.39, 0.29) is 11.9 Å². The van der Waals surface area contributed by atoms with Gasteiger partial charge in [0.25, 0.3) is 0 Å². The lowest BCUT2D eigenvalue weighted by Gasteiger charge is -2.35. The maximum atomic E-state index is 11.7. The van der Waals surface area contributed by atoms with Crippen molar-refractivity contribution >= 4 is 23.3 Å². The first-order chi connectivity index (χ1) is 9.97. The van der Waals surface area contributed by atoms with E-state index >= 15 is 0 Å². The van der Waals surface area contributed by atoms with E-state index in [1.165, 1.54) is 4.90 Å². The summed E-state index contributed by atoms with van der Waals surface area (Å²) in [5, 5.41) is 2.84. The van der Waals surface area contributed by atoms with Crippen molar-refractivity contribution in [3.05, 3.63) is 24.3 Å². The van der Waals surface area contributed by atoms with Gasteiger partial charge in [0, 0.05) is 58.6 Å². The number of anilines is 2. The summed E-state index contributed by atoms with van der Waals surface area (Å²) >= 11 is 0. The molecule has 1 N–H and O–H groups in total. The zero-order chi connectivity index (χ0) is 15.4. The van der Waals surface area contributed by atoms with Crippen LogP contribution in [0, 0.1) is 0 Å². The highest BCUT2D eigenvalue weighted by Crippen LogP contribution is 2.21. The largest absolute Gasteiger partial charge is 0.368 e. The molecule has 0 aliphatic carbocycles. The number of amides is 3. The van der Waals surface area contributed by atoms with Gasteiger partial charge >= 0.3 is 6.03 Å². The van der Waals surface area contributed by atoms with Crippen molar-refractivity contribution in [2.75, 3.05) is 50.5 Å². The highest BCUT2D eigenvalue weighted by Gasteiger charge is 2.19. The Morgan fingerprint density at radius 2 is 1.81 bits per heavy atom. The van der Waals surface area contributed by atoms with Gasteiger partial charge in [0.2, 0.25) is 5.91 Å². The lowest BCUT2D eigenvalue weighted by atomic mass is 10.2. The van der Waals surface area contributed by atoms with Crippen molar-refractivity contribution in [1.82, 2.24) is 9.80 Å². The summed E-state index contributed by atoms with van der Waals surface area (Å²) in [6, 6.07) is 7.64. The van der Waals surface area contributed by atoms with E-state index in [4.69, 9.17) is 0 Å². The summed E-state index contributed by atoms with van der Waals surface area (Å²) in [5.41, 5.74) is 1.84. The lowest BCUT2D eigenvalue weighted by Crippen LogP contribution is -2.48. The van der Waals surface area contributed by atoms with Crippen LogP contribution >= 0.6 is 0 Å². The number of rotatable bonds is 2. The molecular formula is C15H22N4O2. The summed E-state index contributed by atoms with van der Waals surface area (Å²) in [6.07, 6.45) is 0. The summed E-state index contributed by atoms with van der Waals surface area (Å²) < 4.78 is 0. The monoisotopic (exact) mass is 290 g/mol. The molecule has 1 fully saturated rings. The maximum Gasteiger partial charge on any atom is 0.321 e. The standard InChI is InChI=1S/C15H22N4O2/c1-12(20)18-7-9-19(10-8-18)14-6-4-5-13(11-14)16-15(21)17(2)3/h4-6,11H,7-10H2,1-3H3,(H,16,21). The Labute approximate surface area is 125 Å². The van der Waals surface area contributed by atoms with E-state index in [1.807, 2.05) is 29.2 Å². The molecular weight excluding hydrogens is 268 g/mol. The molecule has 3 amide bonds. The van der Waals surface area contributed by atoms with E-state index < -0.39 is 0 Å². The molecule has 0 spiro atoms. The molecule has 21 heavy (non-hydrogen) atoms. The second-order valence-electron chi connectivity index (χ2n) is 5.37. The second-order valence-corrected chi connectivity index (χ2v) is 5.37. The van der Waals surface area contributed by atoms with Crippen molar-refractivity contribution in [1.29, 1.82) is 0 Å². The number of nitrogens with one attached hydrogen (secondary N) is 1. The summed E-state index contributed by atoms with van der Waals surface area (Å²) in [4.78, 5) is 28.6. The van der Waals surface area contributed by atoms with Gasteiger partial charge in [-0.1, -0.05) is 6.07 Å². The average Bonchev–Trinajstić information content (AvgIpc) is 2.47. The summed E-state index contributed by atoms with van der Waals surface area (Å²) in [6.45, 7) is 4.70. The molecule has 1 aliphatic rings. The van der Waals surface area contributed by atoms with Crippen molar-refractivity contribution in [2.24, 2.45) is 0 Å². The molecule has 6 heteroatoms. The van der Waals surface area contributed by atoms with Crippen molar-refractivity contribution in [3.8, 4) is 0 Å². The van der Waals surface area contributed by atoms with Crippen LogP contribution in [0.25, 0.3) is 0 Å². The number of carbonyl (C=O) groups is 2. The predicted octanol–water partition coefficient (Wildman–Crippen LogP) is 1.45. The third kappa shape index (κ3) is 3.87. The Bertz CT molecular complexity index is 522. The van der Waals surface area contributed by atoms with Crippen LogP contribution in [0.15, 0.2) is 24.3 Å². The molecule has 0 atom stereocenters. The van der Waals surface area contributed by atoms with Gasteiger partial charge in [-0.05, 0) is 18.2 Å². The molecule has 0 bridgehead atoms. The van der Waals surface area contributed by atoms with E-state index in [1.54, 1.807) is 21.0 Å². The molecule has 1 saturated heterocycles. The normalized spacial score (nSPS) is 14.8. The topological polar surface area (TPSA) is 55.9 Å². The highest BCUT2D eigenvalue weighted by atomic mass is 16.2. The number of carbonyl (C=O) groups excluding carboxylic acids is 2. The molecule has 1 heterocycles. The zero-order valence-corrected chi connectivity index (χ0v) is 12.8. The predicted molar refractivity (Wildman–Crippen MR) is 83.6 cm³/mol. The minimum absolute atomic E-state index is 0.127. The number of hydrogen-bond acceptors (Lipinski definition) is 3. The van der Waals surface area contributed by atoms with Gasteiger partial charge in [0.05, 0.1) is 0 Å². The molecule has 1 aliphatic heterocycles. The van der Waals surface area contributed by atoms with E-state index in [0.717, 1.165) is 37.6 Å². The first kappa shape index (κ1) is 15.2. The van der Waals surface area contributed by atoms with Gasteiger partial charge in [-0.3, -0.25) is 4.79 Å². The Morgan fingerprint density at radius 1 is 1.14 bits per heavy atom. The molecule has 0 aromatic heterocycles. The van der Waals surface area contributed by atoms with Crippen LogP contribution in [0.4, 0.5) is 16.2 Å². The quantitative estimate of drug-likeness (QED) is 0.897. The summed E-state index contributed by atoms with van der Waals surface area (Å²) in [7, 11) is 3.42. The molecule has 114 valence electrons. The smallest absolute Gasteiger partial charge is 0.321 e. The van der Waals surface area contributed by atoms with Crippen molar-refractivity contribution < 1.29 is 9.59 Å². The number of urea groups is 1. The molecule has 0 unspecified atom stereocenters. The summed E-state index contributed by atoms with van der Waals surface area (Å²) in [5.74, 6) is 0.127. The van der Waals surface area contributed by atoms with Gasteiger partial charge in [-0.15, -0.1) is 0 Å². The zero-order valence-electron chi connectivity index (χ0n) is 12.8. The Hall–Kier alpha value is -2.24. The lowest BCUT2D eigenvalue weighted by molar-refractivity contribution is -0.129. The van der Waals surface area contributed by atoms with Gasteiger partial charge < -0.3 is 20.0 Å². The molecule has 2 rings (SSSR count). The van der Waals surface area contributed by atoms with Gasteiger partial charge in [0.15, 0.2) is 0 Å². The Balaban J connectivity index is 2.01. The number of benzene rings is 1. The van der Waals surface area contributed by atoms with Crippen LogP contribution in [0.5, 0.6) is 0 Å². The minimum Gasteiger partial charge on any atom is -0.368 e. The minimum atomic E-state index is -0.145. The fourth-order valence-electron chi connectivity index (χ4n) is 2.30. The first-order valence-electron chi connectivity index (χ1n) is 7.06. The third-order valence-electron chi connectivity index (χ3n) is 3.59. The van der Waals surface area contributed by atoms with Gasteiger partial charge in [0.1, 0.15) is 0 Å². The van der Waals surface area contributed by atoms with Crippen LogP contribution in [-0.4, -0.2) is 62.0 Å². The average molecular weight is 290 g/mol.